The monoisotopic (exact) mass is 325 g/mol. The van der Waals surface area contributed by atoms with E-state index in [0.29, 0.717) is 12.6 Å². The fraction of sp³-hybridized carbons (Fsp3) is 0.450. The zero-order chi connectivity index (χ0) is 16.9. The molecule has 0 aliphatic heterocycles. The average molecular weight is 325 g/mol. The minimum Gasteiger partial charge on any atom is -0.494 e. The third kappa shape index (κ3) is 4.26. The lowest BCUT2D eigenvalue weighted by molar-refractivity contribution is 0.245. The van der Waals surface area contributed by atoms with Crippen LogP contribution in [0.25, 0.3) is 0 Å². The van der Waals surface area contributed by atoms with E-state index < -0.39 is 0 Å². The third-order valence-corrected chi connectivity index (χ3v) is 4.42. The van der Waals surface area contributed by atoms with Gasteiger partial charge in [-0.25, -0.2) is 0 Å². The van der Waals surface area contributed by atoms with Crippen LogP contribution < -0.4 is 4.74 Å². The smallest absolute Gasteiger partial charge is 0.119 e. The van der Waals surface area contributed by atoms with E-state index >= 15 is 0 Å². The van der Waals surface area contributed by atoms with Crippen LogP contribution in [0.2, 0.25) is 0 Å². The van der Waals surface area contributed by atoms with Crippen LogP contribution in [0.3, 0.4) is 0 Å². The van der Waals surface area contributed by atoms with Gasteiger partial charge in [-0.3, -0.25) is 9.58 Å². The first kappa shape index (κ1) is 16.8. The van der Waals surface area contributed by atoms with Crippen molar-refractivity contribution in [1.82, 2.24) is 14.7 Å². The minimum atomic E-state index is 0.707. The summed E-state index contributed by atoms with van der Waals surface area (Å²) < 4.78 is 7.50. The lowest BCUT2D eigenvalue weighted by Crippen LogP contribution is -2.25. The Bertz CT molecular complexity index is 671. The topological polar surface area (TPSA) is 30.3 Å². The van der Waals surface area contributed by atoms with Crippen LogP contribution in [0.15, 0.2) is 43.1 Å². The molecule has 1 aliphatic rings. The number of aryl methyl sites for hydroxylation is 1. The zero-order valence-electron chi connectivity index (χ0n) is 14.7. The second-order valence-corrected chi connectivity index (χ2v) is 6.46. The number of hydrogen-bond donors (Lipinski definition) is 0. The Morgan fingerprint density at radius 1 is 1.29 bits per heavy atom. The largest absolute Gasteiger partial charge is 0.494 e. The lowest BCUT2D eigenvalue weighted by atomic mass is 10.1. The standard InChI is InChI=1S/C20H27N3O/c1-4-12-23-15-18(16(3)21-23)14-22(19-8-9-19)13-17-6-10-20(11-7-17)24-5-2/h4,6-7,10-11,15,19H,1,5,8-9,12-14H2,2-3H3. The van der Waals surface area contributed by atoms with Gasteiger partial charge in [-0.15, -0.1) is 6.58 Å². The van der Waals surface area contributed by atoms with Crippen molar-refractivity contribution in [3.63, 3.8) is 0 Å². The minimum absolute atomic E-state index is 0.707. The van der Waals surface area contributed by atoms with E-state index in [4.69, 9.17) is 4.74 Å². The summed E-state index contributed by atoms with van der Waals surface area (Å²) >= 11 is 0. The van der Waals surface area contributed by atoms with E-state index in [2.05, 4.69) is 54.0 Å². The molecule has 1 aliphatic carbocycles. The van der Waals surface area contributed by atoms with E-state index in [1.807, 2.05) is 17.7 Å². The Morgan fingerprint density at radius 2 is 2.04 bits per heavy atom. The van der Waals surface area contributed by atoms with Crippen LogP contribution in [0.5, 0.6) is 5.75 Å². The van der Waals surface area contributed by atoms with Gasteiger partial charge in [0, 0.05) is 30.9 Å². The number of benzene rings is 1. The van der Waals surface area contributed by atoms with E-state index in [-0.39, 0.29) is 0 Å². The SMILES string of the molecule is C=CCn1cc(CN(Cc2ccc(OCC)cc2)C2CC2)c(C)n1. The molecule has 1 fully saturated rings. The molecule has 0 bridgehead atoms. The Hall–Kier alpha value is -2.07. The number of rotatable bonds is 9. The maximum absolute atomic E-state index is 5.53. The molecular weight excluding hydrogens is 298 g/mol. The summed E-state index contributed by atoms with van der Waals surface area (Å²) in [5.41, 5.74) is 3.77. The Kier molecular flexibility index (Phi) is 5.36. The second kappa shape index (κ2) is 7.67. The van der Waals surface area contributed by atoms with Crippen molar-refractivity contribution in [2.24, 2.45) is 0 Å². The van der Waals surface area contributed by atoms with Crippen LogP contribution >= 0.6 is 0 Å². The highest BCUT2D eigenvalue weighted by atomic mass is 16.5. The summed E-state index contributed by atoms with van der Waals surface area (Å²) in [7, 11) is 0. The predicted octanol–water partition coefficient (Wildman–Crippen LogP) is 3.94. The Morgan fingerprint density at radius 3 is 2.67 bits per heavy atom. The van der Waals surface area contributed by atoms with Gasteiger partial charge in [-0.1, -0.05) is 18.2 Å². The fourth-order valence-corrected chi connectivity index (χ4v) is 3.00. The molecule has 4 nitrogen and oxygen atoms in total. The average Bonchev–Trinajstić information content (AvgIpc) is 3.35. The van der Waals surface area contributed by atoms with Gasteiger partial charge in [0.05, 0.1) is 18.8 Å². The third-order valence-electron chi connectivity index (χ3n) is 4.42. The van der Waals surface area contributed by atoms with Crippen LogP contribution in [-0.4, -0.2) is 27.3 Å². The predicted molar refractivity (Wildman–Crippen MR) is 97.0 cm³/mol. The van der Waals surface area contributed by atoms with Gasteiger partial charge in [0.25, 0.3) is 0 Å². The fourth-order valence-electron chi connectivity index (χ4n) is 3.00. The molecule has 0 saturated heterocycles. The zero-order valence-corrected chi connectivity index (χ0v) is 14.7. The molecule has 0 radical (unpaired) electrons. The molecular formula is C20H27N3O. The number of allylic oxidation sites excluding steroid dienone is 1. The first-order valence-corrected chi connectivity index (χ1v) is 8.79. The summed E-state index contributed by atoms with van der Waals surface area (Å²) in [6.07, 6.45) is 6.65. The molecule has 1 aromatic heterocycles. The van der Waals surface area contributed by atoms with Gasteiger partial charge in [-0.05, 0) is 44.4 Å². The van der Waals surface area contributed by atoms with E-state index in [1.165, 1.54) is 24.0 Å². The summed E-state index contributed by atoms with van der Waals surface area (Å²) in [5, 5.41) is 4.57. The molecule has 0 unspecified atom stereocenters. The molecule has 1 saturated carbocycles. The normalized spacial score (nSPS) is 14.1. The van der Waals surface area contributed by atoms with Crippen molar-refractivity contribution in [3.8, 4) is 5.75 Å². The van der Waals surface area contributed by atoms with Gasteiger partial charge >= 0.3 is 0 Å². The van der Waals surface area contributed by atoms with E-state index in [1.54, 1.807) is 0 Å². The second-order valence-electron chi connectivity index (χ2n) is 6.46. The molecule has 2 aromatic rings. The molecule has 1 aromatic carbocycles. The molecule has 0 spiro atoms. The van der Waals surface area contributed by atoms with Crippen molar-refractivity contribution in [2.45, 2.75) is 52.4 Å². The quantitative estimate of drug-likeness (QED) is 0.654. The van der Waals surface area contributed by atoms with Gasteiger partial charge in [-0.2, -0.15) is 5.10 Å². The summed E-state index contributed by atoms with van der Waals surface area (Å²) in [5.74, 6) is 0.945. The summed E-state index contributed by atoms with van der Waals surface area (Å²) in [6, 6.07) is 9.19. The Balaban J connectivity index is 1.67. The molecule has 0 N–H and O–H groups in total. The number of hydrogen-bond acceptors (Lipinski definition) is 3. The van der Waals surface area contributed by atoms with Crippen molar-refractivity contribution in [2.75, 3.05) is 6.61 Å². The van der Waals surface area contributed by atoms with Crippen LogP contribution in [0.1, 0.15) is 36.6 Å². The molecule has 4 heteroatoms. The molecule has 24 heavy (non-hydrogen) atoms. The number of ether oxygens (including phenoxy) is 1. The highest BCUT2D eigenvalue weighted by Crippen LogP contribution is 2.30. The molecule has 128 valence electrons. The van der Waals surface area contributed by atoms with Crippen molar-refractivity contribution >= 4 is 0 Å². The number of aromatic nitrogens is 2. The van der Waals surface area contributed by atoms with E-state index in [9.17, 15) is 0 Å². The summed E-state index contributed by atoms with van der Waals surface area (Å²) in [6.45, 7) is 11.3. The summed E-state index contributed by atoms with van der Waals surface area (Å²) in [4.78, 5) is 2.57. The Labute approximate surface area is 144 Å². The molecule has 3 rings (SSSR count). The van der Waals surface area contributed by atoms with Crippen LogP contribution in [0, 0.1) is 6.92 Å². The van der Waals surface area contributed by atoms with Gasteiger partial charge in [0.1, 0.15) is 5.75 Å². The van der Waals surface area contributed by atoms with Gasteiger partial charge in [0.2, 0.25) is 0 Å². The first-order valence-electron chi connectivity index (χ1n) is 8.79. The van der Waals surface area contributed by atoms with Gasteiger partial charge in [0.15, 0.2) is 0 Å². The van der Waals surface area contributed by atoms with E-state index in [0.717, 1.165) is 31.1 Å². The van der Waals surface area contributed by atoms with Crippen LogP contribution in [-0.2, 0) is 19.6 Å². The van der Waals surface area contributed by atoms with Crippen molar-refractivity contribution in [3.05, 3.63) is 59.9 Å². The maximum atomic E-state index is 5.53. The highest BCUT2D eigenvalue weighted by molar-refractivity contribution is 5.27. The lowest BCUT2D eigenvalue weighted by Gasteiger charge is -2.22. The van der Waals surface area contributed by atoms with Gasteiger partial charge < -0.3 is 4.74 Å². The van der Waals surface area contributed by atoms with Crippen molar-refractivity contribution < 1.29 is 4.74 Å². The van der Waals surface area contributed by atoms with Crippen molar-refractivity contribution in [1.29, 1.82) is 0 Å². The highest BCUT2D eigenvalue weighted by Gasteiger charge is 2.29. The molecule has 1 heterocycles. The van der Waals surface area contributed by atoms with Crippen LogP contribution in [0.4, 0.5) is 0 Å². The maximum Gasteiger partial charge on any atom is 0.119 e. The number of nitrogens with zero attached hydrogens (tertiary/aromatic N) is 3. The molecule has 0 amide bonds. The molecule has 0 atom stereocenters. The first-order chi connectivity index (χ1) is 11.7.